The van der Waals surface area contributed by atoms with Gasteiger partial charge in [-0.15, -0.1) is 0 Å². The zero-order valence-corrected chi connectivity index (χ0v) is 18.4. The lowest BCUT2D eigenvalue weighted by molar-refractivity contribution is -0.862. The van der Waals surface area contributed by atoms with Crippen molar-refractivity contribution in [2.45, 2.75) is 71.3 Å². The molecule has 0 aliphatic heterocycles. The van der Waals surface area contributed by atoms with Gasteiger partial charge in [-0.1, -0.05) is 25.5 Å². The molecule has 0 spiro atoms. The second-order valence-corrected chi connectivity index (χ2v) is 11.5. The molecule has 6 atom stereocenters. The molecule has 0 saturated heterocycles. The molecule has 4 rings (SSSR count). The Balaban J connectivity index is 1.48. The van der Waals surface area contributed by atoms with Crippen LogP contribution in [0.2, 0.25) is 0 Å². The average Bonchev–Trinajstić information content (AvgIpc) is 2.89. The molecule has 0 bridgehead atoms. The Kier molecular flexibility index (Phi) is 4.80. The Labute approximate surface area is 170 Å². The number of allylic oxidation sites excluding steroid dienone is 1. The number of quaternary nitrogens is 1. The highest BCUT2D eigenvalue weighted by atomic mass is 16.5. The summed E-state index contributed by atoms with van der Waals surface area (Å²) >= 11 is 0. The van der Waals surface area contributed by atoms with Gasteiger partial charge in [-0.2, -0.15) is 0 Å². The third-order valence-electron chi connectivity index (χ3n) is 8.67. The lowest BCUT2D eigenvalue weighted by Crippen LogP contribution is -2.51. The van der Waals surface area contributed by atoms with E-state index in [1.54, 1.807) is 0 Å². The fourth-order valence-electron chi connectivity index (χ4n) is 7.11. The molecule has 4 heteroatoms. The maximum atomic E-state index is 12.5. The minimum Gasteiger partial charge on any atom is -0.458 e. The number of carbonyl (C=O) groups is 2. The zero-order chi connectivity index (χ0) is 20.3. The van der Waals surface area contributed by atoms with Crippen LogP contribution in [-0.2, 0) is 14.3 Å². The van der Waals surface area contributed by atoms with Crippen molar-refractivity contribution in [1.82, 2.24) is 0 Å². The molecule has 3 fully saturated rings. The normalized spacial score (nSPS) is 42.9. The third-order valence-corrected chi connectivity index (χ3v) is 8.67. The minimum atomic E-state index is -0.0757. The highest BCUT2D eigenvalue weighted by Crippen LogP contribution is 2.64. The zero-order valence-electron chi connectivity index (χ0n) is 18.4. The fourth-order valence-corrected chi connectivity index (χ4v) is 7.11. The van der Waals surface area contributed by atoms with Gasteiger partial charge in [0.05, 0.1) is 21.1 Å². The molecule has 4 aliphatic rings. The van der Waals surface area contributed by atoms with Gasteiger partial charge in [0.25, 0.3) is 0 Å². The summed E-state index contributed by atoms with van der Waals surface area (Å²) in [7, 11) is 6.06. The molecule has 4 nitrogen and oxygen atoms in total. The number of fused-ring (bicyclic) bond motifs is 5. The van der Waals surface area contributed by atoms with E-state index in [9.17, 15) is 9.59 Å². The van der Waals surface area contributed by atoms with E-state index in [1.165, 1.54) is 12.0 Å². The second kappa shape index (κ2) is 6.68. The van der Waals surface area contributed by atoms with Gasteiger partial charge in [-0.3, -0.25) is 4.79 Å². The smallest absolute Gasteiger partial charge is 0.362 e. The van der Waals surface area contributed by atoms with Gasteiger partial charge in [0.1, 0.15) is 11.9 Å². The van der Waals surface area contributed by atoms with Gasteiger partial charge in [-0.25, -0.2) is 4.79 Å². The van der Waals surface area contributed by atoms with Crippen LogP contribution in [0.1, 0.15) is 65.2 Å². The Morgan fingerprint density at radius 3 is 2.50 bits per heavy atom. The van der Waals surface area contributed by atoms with E-state index in [0.29, 0.717) is 34.6 Å². The molecule has 0 heterocycles. The first kappa shape index (κ1) is 20.1. The largest absolute Gasteiger partial charge is 0.458 e. The van der Waals surface area contributed by atoms with Crippen LogP contribution >= 0.6 is 0 Å². The van der Waals surface area contributed by atoms with Gasteiger partial charge < -0.3 is 9.22 Å². The second-order valence-electron chi connectivity index (χ2n) is 11.5. The lowest BCUT2D eigenvalue weighted by Gasteiger charge is -2.56. The van der Waals surface area contributed by atoms with Crippen LogP contribution in [-0.4, -0.2) is 50.0 Å². The van der Waals surface area contributed by atoms with E-state index in [4.69, 9.17) is 4.74 Å². The SMILES string of the molecule is C[C@]12CC[C@H](OC(=O)C[N+](C)(C)C)CC1=CCC1C2CC[C@]2(C)C(=O)CCC12. The maximum Gasteiger partial charge on any atom is 0.362 e. The number of hydrogen-bond donors (Lipinski definition) is 0. The van der Waals surface area contributed by atoms with Crippen LogP contribution in [0.5, 0.6) is 0 Å². The van der Waals surface area contributed by atoms with Crippen molar-refractivity contribution in [3.05, 3.63) is 11.6 Å². The van der Waals surface area contributed by atoms with E-state index < -0.39 is 0 Å². The Morgan fingerprint density at radius 2 is 1.79 bits per heavy atom. The number of ketones is 1. The van der Waals surface area contributed by atoms with Crippen LogP contribution in [0.3, 0.4) is 0 Å². The van der Waals surface area contributed by atoms with Crippen LogP contribution in [0.25, 0.3) is 0 Å². The number of esters is 1. The van der Waals surface area contributed by atoms with Gasteiger partial charge in [-0.05, 0) is 61.7 Å². The summed E-state index contributed by atoms with van der Waals surface area (Å²) in [5, 5.41) is 0. The number of ether oxygens (including phenoxy) is 1. The summed E-state index contributed by atoms with van der Waals surface area (Å²) < 4.78 is 6.46. The molecule has 156 valence electrons. The predicted molar refractivity (Wildman–Crippen MR) is 109 cm³/mol. The monoisotopic (exact) mass is 388 g/mol. The van der Waals surface area contributed by atoms with Crippen molar-refractivity contribution in [2.24, 2.45) is 28.6 Å². The van der Waals surface area contributed by atoms with Crippen molar-refractivity contribution in [2.75, 3.05) is 27.7 Å². The molecule has 0 aromatic heterocycles. The molecule has 3 unspecified atom stereocenters. The summed E-state index contributed by atoms with van der Waals surface area (Å²) in [6.07, 6.45) is 10.8. The summed E-state index contributed by atoms with van der Waals surface area (Å²) in [4.78, 5) is 24.8. The van der Waals surface area contributed by atoms with Crippen molar-refractivity contribution in [3.63, 3.8) is 0 Å². The van der Waals surface area contributed by atoms with Crippen molar-refractivity contribution >= 4 is 11.8 Å². The van der Waals surface area contributed by atoms with Crippen molar-refractivity contribution < 1.29 is 18.8 Å². The van der Waals surface area contributed by atoms with Crippen LogP contribution in [0, 0.1) is 28.6 Å². The van der Waals surface area contributed by atoms with E-state index >= 15 is 0 Å². The molecule has 3 saturated carbocycles. The summed E-state index contributed by atoms with van der Waals surface area (Å²) in [6.45, 7) is 5.12. The van der Waals surface area contributed by atoms with Gasteiger partial charge in [0.2, 0.25) is 0 Å². The number of rotatable bonds is 3. The summed E-state index contributed by atoms with van der Waals surface area (Å²) in [5.41, 5.74) is 1.70. The van der Waals surface area contributed by atoms with Crippen molar-refractivity contribution in [1.29, 1.82) is 0 Å². The van der Waals surface area contributed by atoms with Crippen LogP contribution < -0.4 is 0 Å². The molecule has 0 N–H and O–H groups in total. The number of nitrogens with zero attached hydrogens (tertiary/aromatic N) is 1. The summed E-state index contributed by atoms with van der Waals surface area (Å²) in [5.74, 6) is 2.38. The molecule has 0 aromatic carbocycles. The standard InChI is InChI=1S/C24H38NO3/c1-23-12-10-17(28-22(27)15-25(3,4)5)14-16(23)6-7-18-19-8-9-21(26)24(19,2)13-11-20(18)23/h6,17-20H,7-15H2,1-5H3/q+1/t17-,18?,19?,20?,23-,24-/m0/s1. The van der Waals surface area contributed by atoms with Crippen molar-refractivity contribution in [3.8, 4) is 0 Å². The first-order valence-corrected chi connectivity index (χ1v) is 11.3. The van der Waals surface area contributed by atoms with E-state index in [2.05, 4.69) is 19.9 Å². The molecule has 0 aromatic rings. The third kappa shape index (κ3) is 3.26. The molecular formula is C24H38NO3+. The quantitative estimate of drug-likeness (QED) is 0.415. The van der Waals surface area contributed by atoms with E-state index in [-0.39, 0.29) is 22.9 Å². The Bertz CT molecular complexity index is 705. The van der Waals surface area contributed by atoms with E-state index in [1.807, 2.05) is 21.1 Å². The summed E-state index contributed by atoms with van der Waals surface area (Å²) in [6, 6.07) is 0. The Hall–Kier alpha value is -1.16. The van der Waals surface area contributed by atoms with Crippen LogP contribution in [0.15, 0.2) is 11.6 Å². The molecule has 28 heavy (non-hydrogen) atoms. The highest BCUT2D eigenvalue weighted by molar-refractivity contribution is 5.87. The fraction of sp³-hybridized carbons (Fsp3) is 0.833. The lowest BCUT2D eigenvalue weighted by atomic mass is 9.48. The highest BCUT2D eigenvalue weighted by Gasteiger charge is 2.58. The predicted octanol–water partition coefficient (Wildman–Crippen LogP) is 4.14. The van der Waals surface area contributed by atoms with Crippen LogP contribution in [0.4, 0.5) is 0 Å². The average molecular weight is 389 g/mol. The Morgan fingerprint density at radius 1 is 1.11 bits per heavy atom. The number of hydrogen-bond acceptors (Lipinski definition) is 3. The van der Waals surface area contributed by atoms with Gasteiger partial charge in [0.15, 0.2) is 6.54 Å². The van der Waals surface area contributed by atoms with E-state index in [0.717, 1.165) is 44.9 Å². The molecular weight excluding hydrogens is 350 g/mol. The number of Topliss-reactive ketones (excluding diaryl/α,β-unsaturated/α-hetero) is 1. The number of carbonyl (C=O) groups excluding carboxylic acids is 2. The maximum absolute atomic E-state index is 12.5. The van der Waals surface area contributed by atoms with Gasteiger partial charge >= 0.3 is 5.97 Å². The number of likely N-dealkylation sites (N-methyl/N-ethyl adjacent to an activating group) is 1. The first-order chi connectivity index (χ1) is 13.0. The topological polar surface area (TPSA) is 43.4 Å². The minimum absolute atomic E-state index is 0.0387. The van der Waals surface area contributed by atoms with Gasteiger partial charge in [0, 0.05) is 18.3 Å². The first-order valence-electron chi connectivity index (χ1n) is 11.3. The molecule has 0 radical (unpaired) electrons. The molecule has 0 amide bonds. The molecule has 4 aliphatic carbocycles.